The van der Waals surface area contributed by atoms with E-state index in [9.17, 15) is 4.79 Å². The van der Waals surface area contributed by atoms with Crippen LogP contribution in [0.2, 0.25) is 10.0 Å². The van der Waals surface area contributed by atoms with Gasteiger partial charge in [-0.15, -0.1) is 0 Å². The van der Waals surface area contributed by atoms with Gasteiger partial charge in [-0.1, -0.05) is 40.5 Å². The largest absolute Gasteiger partial charge is 0.495 e. The smallest absolute Gasteiger partial charge is 0.241 e. The third-order valence-corrected chi connectivity index (χ3v) is 5.68. The highest BCUT2D eigenvalue weighted by Gasteiger charge is 2.27. The minimum absolute atomic E-state index is 0.0598. The summed E-state index contributed by atoms with van der Waals surface area (Å²) in [6.07, 6.45) is 1.71. The minimum Gasteiger partial charge on any atom is -0.495 e. The fourth-order valence-electron chi connectivity index (χ4n) is 3.68. The predicted octanol–water partition coefficient (Wildman–Crippen LogP) is 4.90. The van der Waals surface area contributed by atoms with Gasteiger partial charge in [0.1, 0.15) is 5.75 Å². The van der Waals surface area contributed by atoms with E-state index >= 15 is 0 Å². The first-order valence-electron chi connectivity index (χ1n) is 9.97. The Morgan fingerprint density at radius 1 is 1.26 bits per heavy atom. The van der Waals surface area contributed by atoms with E-state index in [-0.39, 0.29) is 11.8 Å². The van der Waals surface area contributed by atoms with Gasteiger partial charge in [0.25, 0.3) is 0 Å². The average molecular weight is 461 g/mol. The van der Waals surface area contributed by atoms with E-state index < -0.39 is 0 Å². The van der Waals surface area contributed by atoms with Crippen molar-refractivity contribution in [1.29, 1.82) is 0 Å². The molecule has 1 aliphatic rings. The zero-order valence-electron chi connectivity index (χ0n) is 17.0. The number of anilines is 1. The predicted molar refractivity (Wildman–Crippen MR) is 119 cm³/mol. The van der Waals surface area contributed by atoms with Crippen LogP contribution in [0.15, 0.2) is 47.0 Å². The van der Waals surface area contributed by atoms with Gasteiger partial charge < -0.3 is 14.6 Å². The van der Waals surface area contributed by atoms with Crippen molar-refractivity contribution in [3.05, 3.63) is 58.4 Å². The molecule has 1 fully saturated rings. The number of carbonyl (C=O) groups excluding carboxylic acids is 1. The number of ether oxygens (including phenoxy) is 1. The number of amides is 1. The third-order valence-electron chi connectivity index (χ3n) is 5.21. The van der Waals surface area contributed by atoms with Gasteiger partial charge in [-0.3, -0.25) is 9.69 Å². The number of methoxy groups -OCH3 is 1. The van der Waals surface area contributed by atoms with Crippen LogP contribution in [-0.4, -0.2) is 41.1 Å². The van der Waals surface area contributed by atoms with Gasteiger partial charge in [-0.25, -0.2) is 0 Å². The molecule has 31 heavy (non-hydrogen) atoms. The van der Waals surface area contributed by atoms with Gasteiger partial charge in [-0.05, 0) is 49.7 Å². The summed E-state index contributed by atoms with van der Waals surface area (Å²) in [7, 11) is 1.56. The highest BCUT2D eigenvalue weighted by atomic mass is 35.5. The summed E-state index contributed by atoms with van der Waals surface area (Å²) in [6.45, 7) is 1.95. The number of hydrogen-bond donors (Lipinski definition) is 1. The monoisotopic (exact) mass is 460 g/mol. The topological polar surface area (TPSA) is 80.5 Å². The standard InChI is InChI=1S/C22H22Cl2N4O3/c1-30-19-8-7-17(24)11-18(19)25-22(29)15-5-3-9-28(12-15)13-20-26-21(27-31-20)14-4-2-6-16(23)10-14/h2,4,6-8,10-11,15H,3,5,9,12-13H2,1H3,(H,25,29). The minimum atomic E-state index is -0.159. The first-order valence-corrected chi connectivity index (χ1v) is 10.7. The van der Waals surface area contributed by atoms with Crippen molar-refractivity contribution in [3.63, 3.8) is 0 Å². The quantitative estimate of drug-likeness (QED) is 0.563. The molecule has 2 aromatic carbocycles. The molecule has 4 rings (SSSR count). The van der Waals surface area contributed by atoms with Gasteiger partial charge in [-0.2, -0.15) is 4.98 Å². The molecule has 1 amide bonds. The number of benzene rings is 2. The molecule has 7 nitrogen and oxygen atoms in total. The lowest BCUT2D eigenvalue weighted by molar-refractivity contribution is -0.121. The van der Waals surface area contributed by atoms with Crippen LogP contribution in [0.5, 0.6) is 5.75 Å². The van der Waals surface area contributed by atoms with Gasteiger partial charge in [0.2, 0.25) is 17.6 Å². The second kappa shape index (κ2) is 9.68. The van der Waals surface area contributed by atoms with E-state index in [2.05, 4.69) is 20.4 Å². The zero-order valence-corrected chi connectivity index (χ0v) is 18.5. The number of aromatic nitrogens is 2. The van der Waals surface area contributed by atoms with Crippen LogP contribution in [0.3, 0.4) is 0 Å². The summed E-state index contributed by atoms with van der Waals surface area (Å²) in [5.41, 5.74) is 1.37. The summed E-state index contributed by atoms with van der Waals surface area (Å²) in [5, 5.41) is 8.15. The number of piperidine rings is 1. The molecule has 1 saturated heterocycles. The Kier molecular flexibility index (Phi) is 6.75. The maximum absolute atomic E-state index is 12.9. The number of likely N-dealkylation sites (tertiary alicyclic amines) is 1. The van der Waals surface area contributed by atoms with E-state index in [1.54, 1.807) is 37.4 Å². The summed E-state index contributed by atoms with van der Waals surface area (Å²) < 4.78 is 10.7. The summed E-state index contributed by atoms with van der Waals surface area (Å²) in [5.74, 6) is 1.36. The van der Waals surface area contributed by atoms with E-state index in [4.69, 9.17) is 32.5 Å². The zero-order chi connectivity index (χ0) is 21.8. The van der Waals surface area contributed by atoms with Crippen LogP contribution in [-0.2, 0) is 11.3 Å². The van der Waals surface area contributed by atoms with Crippen molar-refractivity contribution in [2.45, 2.75) is 19.4 Å². The van der Waals surface area contributed by atoms with Crippen LogP contribution >= 0.6 is 23.2 Å². The summed E-state index contributed by atoms with van der Waals surface area (Å²) >= 11 is 12.1. The fraction of sp³-hybridized carbons (Fsp3) is 0.318. The van der Waals surface area contributed by atoms with E-state index in [0.717, 1.165) is 24.9 Å². The van der Waals surface area contributed by atoms with E-state index in [1.807, 2.05) is 12.1 Å². The molecule has 0 bridgehead atoms. The molecule has 1 aromatic heterocycles. The Morgan fingerprint density at radius 3 is 2.90 bits per heavy atom. The Hall–Kier alpha value is -2.61. The summed E-state index contributed by atoms with van der Waals surface area (Å²) in [6, 6.07) is 12.5. The lowest BCUT2D eigenvalue weighted by atomic mass is 9.97. The summed E-state index contributed by atoms with van der Waals surface area (Å²) in [4.78, 5) is 19.5. The fourth-order valence-corrected chi connectivity index (χ4v) is 4.04. The molecule has 3 aromatic rings. The second-order valence-electron chi connectivity index (χ2n) is 7.43. The lowest BCUT2D eigenvalue weighted by Gasteiger charge is -2.31. The van der Waals surface area contributed by atoms with Gasteiger partial charge in [0, 0.05) is 22.2 Å². The first-order chi connectivity index (χ1) is 15.0. The average Bonchev–Trinajstić information content (AvgIpc) is 3.22. The van der Waals surface area contributed by atoms with Crippen LogP contribution < -0.4 is 10.1 Å². The molecule has 0 aliphatic carbocycles. The van der Waals surface area contributed by atoms with Crippen LogP contribution in [0, 0.1) is 5.92 Å². The normalized spacial score (nSPS) is 16.8. The van der Waals surface area contributed by atoms with Crippen molar-refractivity contribution in [1.82, 2.24) is 15.0 Å². The molecule has 1 unspecified atom stereocenters. The van der Waals surface area contributed by atoms with Crippen LogP contribution in [0.25, 0.3) is 11.4 Å². The Balaban J connectivity index is 1.39. The van der Waals surface area contributed by atoms with Crippen molar-refractivity contribution in [2.75, 3.05) is 25.5 Å². The number of nitrogens with one attached hydrogen (secondary N) is 1. The molecule has 162 valence electrons. The highest BCUT2D eigenvalue weighted by Crippen LogP contribution is 2.29. The molecular formula is C22H22Cl2N4O3. The highest BCUT2D eigenvalue weighted by molar-refractivity contribution is 6.31. The third kappa shape index (κ3) is 5.36. The lowest BCUT2D eigenvalue weighted by Crippen LogP contribution is -2.40. The van der Waals surface area contributed by atoms with Gasteiger partial charge >= 0.3 is 0 Å². The molecule has 2 heterocycles. The van der Waals surface area contributed by atoms with Crippen molar-refractivity contribution in [3.8, 4) is 17.1 Å². The van der Waals surface area contributed by atoms with Crippen LogP contribution in [0.4, 0.5) is 5.69 Å². The number of nitrogens with zero attached hydrogens (tertiary/aromatic N) is 3. The molecule has 0 spiro atoms. The molecule has 0 radical (unpaired) electrons. The number of rotatable bonds is 6. The SMILES string of the molecule is COc1ccc(Cl)cc1NC(=O)C1CCCN(Cc2nc(-c3cccc(Cl)c3)no2)C1. The van der Waals surface area contributed by atoms with Gasteiger partial charge in [0.15, 0.2) is 0 Å². The molecule has 1 N–H and O–H groups in total. The van der Waals surface area contributed by atoms with E-state index in [1.165, 1.54) is 0 Å². The van der Waals surface area contributed by atoms with Crippen molar-refractivity contribution < 1.29 is 14.1 Å². The number of carbonyl (C=O) groups is 1. The van der Waals surface area contributed by atoms with Crippen LogP contribution in [0.1, 0.15) is 18.7 Å². The number of hydrogen-bond acceptors (Lipinski definition) is 6. The Labute approximate surface area is 190 Å². The number of halogens is 2. The first kappa shape index (κ1) is 21.6. The van der Waals surface area contributed by atoms with E-state index in [0.29, 0.717) is 46.3 Å². The molecule has 9 heteroatoms. The Morgan fingerprint density at radius 2 is 2.10 bits per heavy atom. The molecule has 1 aliphatic heterocycles. The Bertz CT molecular complexity index is 1070. The molecule has 1 atom stereocenters. The maximum atomic E-state index is 12.9. The van der Waals surface area contributed by atoms with Crippen molar-refractivity contribution in [2.24, 2.45) is 5.92 Å². The second-order valence-corrected chi connectivity index (χ2v) is 8.30. The van der Waals surface area contributed by atoms with Crippen molar-refractivity contribution >= 4 is 34.8 Å². The van der Waals surface area contributed by atoms with Gasteiger partial charge in [0.05, 0.1) is 25.3 Å². The maximum Gasteiger partial charge on any atom is 0.241 e. The molecular weight excluding hydrogens is 439 g/mol. The molecule has 0 saturated carbocycles.